The lowest BCUT2D eigenvalue weighted by atomic mass is 9.81. The molecule has 0 spiro atoms. The van der Waals surface area contributed by atoms with E-state index in [4.69, 9.17) is 8.74 Å². The van der Waals surface area contributed by atoms with Crippen molar-refractivity contribution in [2.45, 2.75) is 59.7 Å². The van der Waals surface area contributed by atoms with E-state index in [2.05, 4.69) is 33.6 Å². The van der Waals surface area contributed by atoms with Gasteiger partial charge in [-0.05, 0) is 48.6 Å². The van der Waals surface area contributed by atoms with E-state index in [9.17, 15) is 8.42 Å². The highest BCUT2D eigenvalue weighted by molar-refractivity contribution is 7.80. The summed E-state index contributed by atoms with van der Waals surface area (Å²) in [6, 6.07) is 0. The summed E-state index contributed by atoms with van der Waals surface area (Å²) in [6.45, 7) is 12.2. The van der Waals surface area contributed by atoms with Crippen molar-refractivity contribution < 1.29 is 17.2 Å². The summed E-state index contributed by atoms with van der Waals surface area (Å²) in [7, 11) is -3.88. The lowest BCUT2D eigenvalue weighted by molar-refractivity contribution is 0.0643. The van der Waals surface area contributed by atoms with Gasteiger partial charge in [-0.15, -0.1) is 8.58 Å². The maximum absolute atomic E-state index is 11.2. The Bertz CT molecular complexity index is 442. The van der Waals surface area contributed by atoms with Gasteiger partial charge in [-0.3, -0.25) is 4.55 Å². The zero-order valence-electron chi connectivity index (χ0n) is 14.3. The van der Waals surface area contributed by atoms with Crippen LogP contribution in [-0.4, -0.2) is 24.7 Å². The number of hydrogen-bond acceptors (Lipinski definition) is 3. The molecule has 1 N–H and O–H groups in total. The van der Waals surface area contributed by atoms with Crippen molar-refractivity contribution in [3.63, 3.8) is 0 Å². The van der Waals surface area contributed by atoms with E-state index in [1.807, 2.05) is 33.6 Å². The van der Waals surface area contributed by atoms with E-state index in [0.29, 0.717) is 15.0 Å². The van der Waals surface area contributed by atoms with Gasteiger partial charge in [0.05, 0.1) is 6.10 Å². The van der Waals surface area contributed by atoms with Crippen molar-refractivity contribution in [2.24, 2.45) is 10.8 Å². The summed E-state index contributed by atoms with van der Waals surface area (Å²) in [5.74, 6) is 0. The molecule has 3 atom stereocenters. The summed E-state index contributed by atoms with van der Waals surface area (Å²) in [6.07, 6.45) is 8.22. The fourth-order valence-corrected chi connectivity index (χ4v) is 4.41. The molecule has 0 heterocycles. The van der Waals surface area contributed by atoms with Crippen LogP contribution >= 0.6 is 8.58 Å². The Morgan fingerprint density at radius 2 is 1.59 bits per heavy atom. The van der Waals surface area contributed by atoms with Crippen LogP contribution in [0.3, 0.4) is 0 Å². The first kappa shape index (κ1) is 20.3. The predicted octanol–water partition coefficient (Wildman–Crippen LogP) is 4.07. The molecule has 1 aliphatic rings. The van der Waals surface area contributed by atoms with Gasteiger partial charge in [0.1, 0.15) is 0 Å². The molecule has 0 amide bonds. The van der Waals surface area contributed by atoms with E-state index in [1.54, 1.807) is 0 Å². The van der Waals surface area contributed by atoms with Crippen molar-refractivity contribution in [3.8, 4) is 0 Å². The molecule has 1 saturated carbocycles. The van der Waals surface area contributed by atoms with Gasteiger partial charge in [0, 0.05) is 5.66 Å². The van der Waals surface area contributed by atoms with Gasteiger partial charge in [-0.1, -0.05) is 41.5 Å². The Kier molecular flexibility index (Phi) is 6.90. The quantitative estimate of drug-likeness (QED) is 0.581. The van der Waals surface area contributed by atoms with E-state index >= 15 is 0 Å². The molecule has 1 unspecified atom stereocenters. The highest BCUT2D eigenvalue weighted by Crippen LogP contribution is 2.50. The molecule has 0 aliphatic heterocycles. The van der Waals surface area contributed by atoms with E-state index in [-0.39, 0.29) is 16.5 Å². The average molecular weight is 347 g/mol. The molecule has 0 aromatic carbocycles. The maximum atomic E-state index is 11.2. The molecule has 22 heavy (non-hydrogen) atoms. The summed E-state index contributed by atoms with van der Waals surface area (Å²) >= 11 is 0. The minimum Gasteiger partial charge on any atom is -0.264 e. The molecule has 4 nitrogen and oxygen atoms in total. The van der Waals surface area contributed by atoms with Gasteiger partial charge in [0.25, 0.3) is 0 Å². The van der Waals surface area contributed by atoms with E-state index < -0.39 is 16.5 Å². The summed E-state index contributed by atoms with van der Waals surface area (Å²) in [5, 5.41) is 0. The van der Waals surface area contributed by atoms with E-state index in [0.717, 1.165) is 0 Å². The van der Waals surface area contributed by atoms with Crippen LogP contribution in [0.25, 0.3) is 0 Å². The second-order valence-corrected chi connectivity index (χ2v) is 10.5. The summed E-state index contributed by atoms with van der Waals surface area (Å²) in [4.78, 5) is 0. The Balaban J connectivity index is 2.87. The van der Waals surface area contributed by atoms with Gasteiger partial charge in [0.2, 0.25) is 0 Å². The van der Waals surface area contributed by atoms with Crippen LogP contribution in [0, 0.1) is 42.2 Å². The maximum Gasteiger partial charge on any atom is 0.397 e. The molecular formula is C16H28O4PS. The molecule has 1 rings (SSSR count). The Hall–Kier alpha value is 0.300. The van der Waals surface area contributed by atoms with Crippen LogP contribution in [0.1, 0.15) is 48.0 Å². The van der Waals surface area contributed by atoms with Crippen molar-refractivity contribution in [3.05, 3.63) is 31.3 Å². The molecule has 5 radical (unpaired) electrons. The second-order valence-electron chi connectivity index (χ2n) is 7.85. The minimum absolute atomic E-state index is 0.0157. The van der Waals surface area contributed by atoms with Crippen molar-refractivity contribution in [2.75, 3.05) is 0 Å². The zero-order chi connectivity index (χ0) is 17.2. The van der Waals surface area contributed by atoms with Crippen LogP contribution in [0.15, 0.2) is 0 Å². The fraction of sp³-hybridized carbons (Fsp3) is 0.688. The first-order chi connectivity index (χ1) is 9.79. The molecule has 1 aliphatic carbocycles. The topological polar surface area (TPSA) is 63.6 Å². The van der Waals surface area contributed by atoms with Crippen LogP contribution in [0.5, 0.6) is 0 Å². The summed E-state index contributed by atoms with van der Waals surface area (Å²) in [5.41, 5.74) is 1.16. The molecular weight excluding hydrogens is 319 g/mol. The van der Waals surface area contributed by atoms with Crippen molar-refractivity contribution >= 4 is 19.0 Å². The normalized spacial score (nSPS) is 21.6. The first-order valence-electron chi connectivity index (χ1n) is 7.43. The van der Waals surface area contributed by atoms with Crippen molar-refractivity contribution in [1.29, 1.82) is 0 Å². The molecule has 0 bridgehead atoms. The Morgan fingerprint density at radius 1 is 1.09 bits per heavy atom. The Morgan fingerprint density at radius 3 is 1.95 bits per heavy atom. The third-order valence-corrected chi connectivity index (χ3v) is 6.29. The zero-order valence-corrected chi connectivity index (χ0v) is 16.1. The van der Waals surface area contributed by atoms with E-state index in [1.165, 1.54) is 5.66 Å². The lowest BCUT2D eigenvalue weighted by Crippen LogP contribution is -2.37. The van der Waals surface area contributed by atoms with Gasteiger partial charge >= 0.3 is 10.4 Å². The molecule has 0 saturated heterocycles. The molecule has 127 valence electrons. The second kappa shape index (κ2) is 7.46. The third kappa shape index (κ3) is 7.25. The third-order valence-electron chi connectivity index (χ3n) is 3.70. The SMILES string of the molecule is CC(C)(C)[C@H](C[C@@H](P[C]1[CH][CH][CH][CH]1)C(C)(C)C)OS(=O)(=O)O. The number of hydrogen-bond donors (Lipinski definition) is 1. The highest BCUT2D eigenvalue weighted by Gasteiger charge is 2.37. The molecule has 0 aromatic rings. The molecule has 1 fully saturated rings. The monoisotopic (exact) mass is 347 g/mol. The van der Waals surface area contributed by atoms with Gasteiger partial charge < -0.3 is 0 Å². The Labute approximate surface area is 138 Å². The number of rotatable bonds is 6. The first-order valence-corrected chi connectivity index (χ1v) is 9.87. The van der Waals surface area contributed by atoms with Crippen LogP contribution < -0.4 is 0 Å². The van der Waals surface area contributed by atoms with Crippen molar-refractivity contribution in [1.82, 2.24) is 0 Å². The van der Waals surface area contributed by atoms with Gasteiger partial charge in [-0.2, -0.15) is 8.42 Å². The molecule has 6 heteroatoms. The fourth-order valence-electron chi connectivity index (χ4n) is 2.20. The van der Waals surface area contributed by atoms with Crippen LogP contribution in [0.2, 0.25) is 0 Å². The average Bonchev–Trinajstić information content (AvgIpc) is 2.75. The smallest absolute Gasteiger partial charge is 0.264 e. The lowest BCUT2D eigenvalue weighted by Gasteiger charge is -2.38. The van der Waals surface area contributed by atoms with Crippen LogP contribution in [0.4, 0.5) is 0 Å². The highest BCUT2D eigenvalue weighted by atomic mass is 32.3. The summed E-state index contributed by atoms with van der Waals surface area (Å²) < 4.78 is 36.4. The standard InChI is InChI=1S/C16H28O4PS/c1-15(2,3)13(20-22(17,18)19)11-14(16(4,5)6)21-12-9-7-8-10-12/h7-10,13-14,21H,11H2,1-6H3,(H,17,18,19)/t13-,14+/m0/s1. The van der Waals surface area contributed by atoms with Crippen LogP contribution in [-0.2, 0) is 14.6 Å². The largest absolute Gasteiger partial charge is 0.397 e. The molecule has 0 aromatic heterocycles. The minimum atomic E-state index is -4.46. The predicted molar refractivity (Wildman–Crippen MR) is 92.5 cm³/mol. The van der Waals surface area contributed by atoms with Gasteiger partial charge in [-0.25, -0.2) is 4.18 Å². The van der Waals surface area contributed by atoms with Gasteiger partial charge in [0.15, 0.2) is 0 Å².